The van der Waals surface area contributed by atoms with Crippen molar-refractivity contribution in [1.82, 2.24) is 9.97 Å². The van der Waals surface area contributed by atoms with Crippen molar-refractivity contribution < 1.29 is 21.6 Å². The van der Waals surface area contributed by atoms with E-state index in [2.05, 4.69) is 36.8 Å². The third-order valence-corrected chi connectivity index (χ3v) is 6.27. The monoisotopic (exact) mass is 474 g/mol. The van der Waals surface area contributed by atoms with E-state index in [9.17, 15) is 21.6 Å². The fourth-order valence-corrected chi connectivity index (χ4v) is 4.91. The van der Waals surface area contributed by atoms with Gasteiger partial charge in [-0.25, -0.2) is 13.4 Å². The van der Waals surface area contributed by atoms with Gasteiger partial charge in [-0.3, -0.25) is 0 Å². The van der Waals surface area contributed by atoms with Crippen LogP contribution in [0.25, 0.3) is 11.0 Å². The molecule has 20 heavy (non-hydrogen) atoms. The van der Waals surface area contributed by atoms with Gasteiger partial charge in [0.1, 0.15) is 10.4 Å². The normalized spacial score (nSPS) is 13.2. The quantitative estimate of drug-likeness (QED) is 0.480. The summed E-state index contributed by atoms with van der Waals surface area (Å²) in [6.45, 7) is 0. The molecule has 0 aliphatic heterocycles. The molecule has 0 unspecified atom stereocenters. The predicted molar refractivity (Wildman–Crippen MR) is 74.5 cm³/mol. The first-order chi connectivity index (χ1) is 8.94. The van der Waals surface area contributed by atoms with Crippen molar-refractivity contribution >= 4 is 74.2 Å². The van der Waals surface area contributed by atoms with Crippen LogP contribution in [0.3, 0.4) is 0 Å². The van der Waals surface area contributed by atoms with Crippen molar-refractivity contribution in [3.8, 4) is 0 Å². The Morgan fingerprint density at radius 1 is 1.20 bits per heavy atom. The summed E-state index contributed by atoms with van der Waals surface area (Å²) in [4.78, 5) is 4.59. The summed E-state index contributed by atoms with van der Waals surface area (Å²) < 4.78 is 60.8. The Labute approximate surface area is 136 Å². The number of aromatic nitrogens is 2. The number of fused-ring (bicyclic) bond motifs is 1. The van der Waals surface area contributed by atoms with Crippen LogP contribution >= 0.6 is 54.1 Å². The molecule has 12 heteroatoms. The van der Waals surface area contributed by atoms with E-state index in [0.29, 0.717) is 0 Å². The number of nitrogens with one attached hydrogen (secondary N) is 1. The zero-order valence-corrected chi connectivity index (χ0v) is 14.3. The molecule has 0 saturated heterocycles. The maximum atomic E-state index is 12.7. The number of imidazole rings is 1. The average Bonchev–Trinajstić information content (AvgIpc) is 2.68. The molecular formula is C8HBr2Cl2F3N2O2S. The summed E-state index contributed by atoms with van der Waals surface area (Å²) in [6.07, 6.45) is -4.77. The van der Waals surface area contributed by atoms with E-state index in [-0.39, 0.29) is 19.5 Å². The molecule has 0 bridgehead atoms. The maximum absolute atomic E-state index is 12.7. The predicted octanol–water partition coefficient (Wildman–Crippen LogP) is 4.69. The fourth-order valence-electron chi connectivity index (χ4n) is 1.46. The molecule has 2 rings (SSSR count). The number of hydrogen-bond acceptors (Lipinski definition) is 3. The second-order valence-electron chi connectivity index (χ2n) is 3.52. The Morgan fingerprint density at radius 3 is 2.20 bits per heavy atom. The van der Waals surface area contributed by atoms with E-state index in [1.54, 1.807) is 0 Å². The number of H-pyrrole nitrogens is 1. The summed E-state index contributed by atoms with van der Waals surface area (Å²) in [6, 6.07) is 0. The summed E-state index contributed by atoms with van der Waals surface area (Å²) >= 11 is 11.7. The minimum Gasteiger partial charge on any atom is -0.333 e. The standard InChI is InChI=1S/C8HBr2Cl2F3N2O2S/c9-1-3(11)2(10)6(20(12,18)19)5-4(1)16-7(17-5)8(13,14)15/h(H,16,17). The van der Waals surface area contributed by atoms with Gasteiger partial charge in [0.25, 0.3) is 9.05 Å². The highest BCUT2D eigenvalue weighted by atomic mass is 79.9. The highest BCUT2D eigenvalue weighted by Gasteiger charge is 2.37. The first kappa shape index (κ1) is 16.3. The topological polar surface area (TPSA) is 62.8 Å². The third kappa shape index (κ3) is 2.68. The number of hydrogen-bond donors (Lipinski definition) is 1. The molecule has 0 aliphatic carbocycles. The van der Waals surface area contributed by atoms with Crippen molar-refractivity contribution in [2.75, 3.05) is 0 Å². The van der Waals surface area contributed by atoms with Crippen molar-refractivity contribution in [1.29, 1.82) is 0 Å². The molecule has 0 spiro atoms. The number of alkyl halides is 3. The fraction of sp³-hybridized carbons (Fsp3) is 0.125. The molecule has 1 N–H and O–H groups in total. The van der Waals surface area contributed by atoms with Crippen LogP contribution in [0.15, 0.2) is 13.8 Å². The number of halogens is 7. The van der Waals surface area contributed by atoms with Crippen LogP contribution in [0, 0.1) is 0 Å². The second-order valence-corrected chi connectivity index (χ2v) is 7.98. The van der Waals surface area contributed by atoms with E-state index in [0.717, 1.165) is 0 Å². The lowest BCUT2D eigenvalue weighted by Crippen LogP contribution is -2.07. The molecule has 2 aromatic rings. The van der Waals surface area contributed by atoms with Gasteiger partial charge in [-0.05, 0) is 31.9 Å². The van der Waals surface area contributed by atoms with E-state index in [1.807, 2.05) is 4.98 Å². The molecule has 1 aromatic carbocycles. The van der Waals surface area contributed by atoms with Gasteiger partial charge in [0.05, 0.1) is 19.5 Å². The van der Waals surface area contributed by atoms with Crippen LogP contribution in [-0.4, -0.2) is 18.4 Å². The number of nitrogens with zero attached hydrogens (tertiary/aromatic N) is 1. The Hall–Kier alpha value is -0.0300. The number of rotatable bonds is 1. The van der Waals surface area contributed by atoms with E-state index in [4.69, 9.17) is 22.3 Å². The summed E-state index contributed by atoms with van der Waals surface area (Å²) in [7, 11) is 0.862. The number of aromatic amines is 1. The lowest BCUT2D eigenvalue weighted by atomic mass is 10.3. The molecule has 0 saturated carbocycles. The van der Waals surface area contributed by atoms with Gasteiger partial charge in [-0.1, -0.05) is 11.6 Å². The second kappa shape index (κ2) is 5.01. The zero-order valence-electron chi connectivity index (χ0n) is 8.82. The SMILES string of the molecule is O=S(=O)(Cl)c1c(Br)c(Cl)c(Br)c2[nH]c(C(F)(F)F)nc12. The van der Waals surface area contributed by atoms with E-state index < -0.39 is 31.5 Å². The Kier molecular flexibility index (Phi) is 4.09. The van der Waals surface area contributed by atoms with E-state index >= 15 is 0 Å². The maximum Gasteiger partial charge on any atom is 0.449 e. The van der Waals surface area contributed by atoms with Gasteiger partial charge >= 0.3 is 6.18 Å². The smallest absolute Gasteiger partial charge is 0.333 e. The molecule has 0 aliphatic rings. The summed E-state index contributed by atoms with van der Waals surface area (Å²) in [5.74, 6) is -1.36. The lowest BCUT2D eigenvalue weighted by molar-refractivity contribution is -0.144. The molecule has 4 nitrogen and oxygen atoms in total. The molecule has 0 radical (unpaired) electrons. The van der Waals surface area contributed by atoms with Gasteiger partial charge in [-0.2, -0.15) is 13.2 Å². The molecule has 110 valence electrons. The largest absolute Gasteiger partial charge is 0.449 e. The molecule has 0 atom stereocenters. The highest BCUT2D eigenvalue weighted by Crippen LogP contribution is 2.44. The van der Waals surface area contributed by atoms with E-state index in [1.165, 1.54) is 0 Å². The molecule has 0 fully saturated rings. The Balaban J connectivity index is 3.03. The van der Waals surface area contributed by atoms with Crippen LogP contribution < -0.4 is 0 Å². The number of benzene rings is 1. The van der Waals surface area contributed by atoms with Crippen LogP contribution in [0.4, 0.5) is 13.2 Å². The minimum absolute atomic E-state index is 0.0353. The van der Waals surface area contributed by atoms with Crippen LogP contribution in [0.1, 0.15) is 5.82 Å². The van der Waals surface area contributed by atoms with Crippen molar-refractivity contribution in [2.45, 2.75) is 11.1 Å². The van der Waals surface area contributed by atoms with Gasteiger partial charge in [0, 0.05) is 10.7 Å². The van der Waals surface area contributed by atoms with Gasteiger partial charge in [-0.15, -0.1) is 0 Å². The average molecular weight is 477 g/mol. The first-order valence-electron chi connectivity index (χ1n) is 4.52. The summed E-state index contributed by atoms with van der Waals surface area (Å²) in [5, 5.41) is -0.144. The first-order valence-corrected chi connectivity index (χ1v) is 8.80. The molecule has 0 amide bonds. The molecule has 1 aromatic heterocycles. The summed E-state index contributed by atoms with van der Waals surface area (Å²) in [5.41, 5.74) is -0.680. The van der Waals surface area contributed by atoms with Crippen molar-refractivity contribution in [3.63, 3.8) is 0 Å². The minimum atomic E-state index is -4.77. The molecular weight excluding hydrogens is 476 g/mol. The van der Waals surface area contributed by atoms with Crippen molar-refractivity contribution in [2.24, 2.45) is 0 Å². The van der Waals surface area contributed by atoms with Crippen LogP contribution in [0.2, 0.25) is 5.02 Å². The van der Waals surface area contributed by atoms with Gasteiger partial charge in [0.2, 0.25) is 5.82 Å². The lowest BCUT2D eigenvalue weighted by Gasteiger charge is -2.06. The van der Waals surface area contributed by atoms with Gasteiger partial charge in [0.15, 0.2) is 0 Å². The van der Waals surface area contributed by atoms with Gasteiger partial charge < -0.3 is 4.98 Å². The van der Waals surface area contributed by atoms with Crippen LogP contribution in [-0.2, 0) is 15.2 Å². The molecule has 1 heterocycles. The third-order valence-electron chi connectivity index (χ3n) is 2.24. The highest BCUT2D eigenvalue weighted by molar-refractivity contribution is 9.11. The van der Waals surface area contributed by atoms with Crippen molar-refractivity contribution in [3.05, 3.63) is 19.8 Å². The zero-order chi connectivity index (χ0) is 15.5. The Morgan fingerprint density at radius 2 is 1.75 bits per heavy atom. The van der Waals surface area contributed by atoms with Crippen LogP contribution in [0.5, 0.6) is 0 Å². The Bertz CT molecular complexity index is 819.